The standard InChI is InChI=1S/C23H25FN5O2.C22H24BrN7O.C21H21FN5O2.C19H16BrFN5O2/c1-4-17-13-26-29-21(11-20(27-23(17)29)18-7-5-6-8-19(18)24)25-12-16-9-10-22(28(30)14-16)31-15(2)3;1-28(2)11-10-24-20-9-8-16(15-29(20)31)13-25-21-12-19(17-6-4-3-5-7-17)27-22-18(23)14-26-30(21)22;1-3-15-12-24-27-19(23-11-14-8-9-20(29-2)26(28)13-14)10-18(25-21(15)27)16-6-4-5-7-17(16)22;1-28-18-7-6-12(11-25(18)27)9-22-17-8-16(13-4-2-3-5-15(13)21)24-19-14(20)10-23-26(17)19/h5-11,13-15,25,30H,4,12H2,1-3H3;3-9,12,14-15,31H,10-11,13H2,1-2H3,(H,25,26,27);4-10,12-13,23,28H,3,11H2,1-2H3;2-8,10-11,22,27H,9H2,1H3/q+1;;2*+1/p+1. The molecule has 0 bridgehead atoms. The molecule has 16 rings (SSSR count). The van der Waals surface area contributed by atoms with Crippen molar-refractivity contribution >= 4 is 83.5 Å². The van der Waals surface area contributed by atoms with Gasteiger partial charge in [-0.1, -0.05) is 85.3 Å². The van der Waals surface area contributed by atoms with Gasteiger partial charge in [-0.3, -0.25) is 20.9 Å². The van der Waals surface area contributed by atoms with E-state index >= 15 is 0 Å². The zero-order chi connectivity index (χ0) is 83.8. The molecule has 4 aromatic carbocycles. The maximum Gasteiger partial charge on any atom is 0.416 e. The lowest BCUT2D eigenvalue weighted by Gasteiger charge is -2.11. The number of ether oxygens (including phenoxy) is 3. The Balaban J connectivity index is 0.000000137. The van der Waals surface area contributed by atoms with Gasteiger partial charge in [-0.15, -0.1) is 0 Å². The predicted molar refractivity (Wildman–Crippen MR) is 448 cm³/mol. The Bertz CT molecular complexity index is 6240. The Morgan fingerprint density at radius 1 is 0.420 bits per heavy atom. The number of hydrogen-bond donors (Lipinski definition) is 9. The zero-order valence-corrected chi connectivity index (χ0v) is 69.3. The summed E-state index contributed by atoms with van der Waals surface area (Å²) in [5.41, 5.74) is 12.7. The molecule has 0 radical (unpaired) electrons. The molecule has 0 aliphatic rings. The number of aromatic nitrogens is 16. The molecule has 9 N–H and O–H groups in total. The number of fused-ring (bicyclic) bond motifs is 4. The Hall–Kier alpha value is -13.7. The van der Waals surface area contributed by atoms with E-state index in [-0.39, 0.29) is 23.6 Å². The largest absolute Gasteiger partial charge is 0.445 e. The molecule has 0 spiro atoms. The second-order valence-corrected chi connectivity index (χ2v) is 29.2. The number of nitrogens with one attached hydrogen (secondary N) is 5. The molecule has 0 saturated heterocycles. The summed E-state index contributed by atoms with van der Waals surface area (Å²) in [5, 5.41) is 74.4. The highest BCUT2D eigenvalue weighted by Gasteiger charge is 2.23. The minimum absolute atomic E-state index is 0.0446. The SMILES string of the molecule is CCc1cnn2c(NCc3ccc(OC(C)C)[n+](O)c3)cc(-c3ccccc3F)nc12.CCc1cnn2c(NCc3ccc(OC)[n+](O)c3)cc(-c3ccccc3F)nc12.CN(C)CCNc1ccc(CNc2cc(-c3ccccc3)nc3c(Br)cnn23)c[n+]1O.COc1ccc(CNc2cc(-c3ccccc3F)nc3c(Br)cnn23)c[n+]1O. The van der Waals surface area contributed by atoms with Crippen LogP contribution >= 0.6 is 31.9 Å². The molecule has 0 aliphatic carbocycles. The Labute approximate surface area is 698 Å². The number of likely N-dealkylation sites (N-methyl/N-ethyl adjacent to an activating group) is 1. The van der Waals surface area contributed by atoms with Crippen molar-refractivity contribution in [3.63, 3.8) is 0 Å². The lowest BCUT2D eigenvalue weighted by atomic mass is 10.1. The first kappa shape index (κ1) is 83.2. The van der Waals surface area contributed by atoms with Crippen LogP contribution in [0.2, 0.25) is 0 Å². The Kier molecular flexibility index (Phi) is 26.8. The maximum atomic E-state index is 14.4. The van der Waals surface area contributed by atoms with E-state index < -0.39 is 0 Å². The van der Waals surface area contributed by atoms with Gasteiger partial charge in [0.15, 0.2) is 22.6 Å². The topological polar surface area (TPSA) is 308 Å². The Morgan fingerprint density at radius 3 is 1.13 bits per heavy atom. The van der Waals surface area contributed by atoms with Gasteiger partial charge in [0.05, 0.1) is 102 Å². The smallest absolute Gasteiger partial charge is 0.416 e. The van der Waals surface area contributed by atoms with Crippen molar-refractivity contribution in [2.24, 2.45) is 0 Å². The number of pyridine rings is 4. The van der Waals surface area contributed by atoms with Gasteiger partial charge in [-0.2, -0.15) is 38.5 Å². The van der Waals surface area contributed by atoms with Gasteiger partial charge in [-0.05, 0) is 133 Å². The lowest BCUT2D eigenvalue weighted by molar-refractivity contribution is -0.906. The van der Waals surface area contributed by atoms with Crippen molar-refractivity contribution < 1.29 is 67.1 Å². The van der Waals surface area contributed by atoms with Crippen LogP contribution in [0.3, 0.4) is 0 Å². The van der Waals surface area contributed by atoms with E-state index in [0.717, 1.165) is 105 Å². The number of rotatable bonds is 26. The molecule has 0 fully saturated rings. The molecule has 119 heavy (non-hydrogen) atoms. The van der Waals surface area contributed by atoms with Crippen molar-refractivity contribution in [1.29, 1.82) is 0 Å². The maximum absolute atomic E-state index is 14.4. The van der Waals surface area contributed by atoms with Gasteiger partial charge < -0.3 is 45.6 Å². The number of hydrogen-bond acceptors (Lipinski definition) is 21. The fraction of sp³-hybridized carbons (Fsp3) is 0.200. The number of halogens is 5. The summed E-state index contributed by atoms with van der Waals surface area (Å²) in [4.78, 5) is 20.7. The molecule has 29 nitrogen and oxygen atoms in total. The summed E-state index contributed by atoms with van der Waals surface area (Å²) in [6.45, 7) is 11.2. The van der Waals surface area contributed by atoms with Crippen molar-refractivity contribution in [1.82, 2.24) is 63.3 Å². The molecule has 610 valence electrons. The van der Waals surface area contributed by atoms with E-state index in [1.807, 2.05) is 109 Å². The van der Waals surface area contributed by atoms with E-state index in [0.29, 0.717) is 122 Å². The molecule has 0 atom stereocenters. The van der Waals surface area contributed by atoms with Crippen LogP contribution in [0.4, 0.5) is 42.3 Å². The number of nitrogens with zero attached hydrogens (tertiary/aromatic N) is 17. The van der Waals surface area contributed by atoms with Crippen LogP contribution in [0, 0.1) is 17.5 Å². The van der Waals surface area contributed by atoms with Gasteiger partial charge in [0, 0.05) is 133 Å². The van der Waals surface area contributed by atoms with Crippen LogP contribution in [-0.4, -0.2) is 132 Å². The molecular formula is C85H87Br2F3N22O7+4. The molecular weight excluding hydrogens is 1660 g/mol. The average molecular weight is 1750 g/mol. The first-order valence-electron chi connectivity index (χ1n) is 37.8. The van der Waals surface area contributed by atoms with Crippen LogP contribution in [0.15, 0.2) is 234 Å². The third-order valence-corrected chi connectivity index (χ3v) is 19.7. The van der Waals surface area contributed by atoms with Gasteiger partial charge in [0.2, 0.25) is 18.6 Å². The summed E-state index contributed by atoms with van der Waals surface area (Å²) in [5.74, 6) is 3.47. The van der Waals surface area contributed by atoms with E-state index in [1.165, 1.54) is 32.4 Å². The van der Waals surface area contributed by atoms with Crippen LogP contribution in [0.25, 0.3) is 67.6 Å². The number of methoxy groups -OCH3 is 2. The molecule has 0 saturated carbocycles. The molecule has 0 aliphatic heterocycles. The van der Waals surface area contributed by atoms with E-state index in [4.69, 9.17) is 19.2 Å². The van der Waals surface area contributed by atoms with Crippen molar-refractivity contribution in [3.8, 4) is 62.7 Å². The van der Waals surface area contributed by atoms with Crippen LogP contribution in [0.1, 0.15) is 61.1 Å². The highest BCUT2D eigenvalue weighted by molar-refractivity contribution is 9.11. The fourth-order valence-corrected chi connectivity index (χ4v) is 13.2. The first-order chi connectivity index (χ1) is 57.6. The summed E-state index contributed by atoms with van der Waals surface area (Å²) in [7, 11) is 7.00. The minimum atomic E-state index is -0.350. The second kappa shape index (κ2) is 38.4. The number of aryl methyl sites for hydroxylation is 2. The Morgan fingerprint density at radius 2 is 0.765 bits per heavy atom. The van der Waals surface area contributed by atoms with Gasteiger partial charge in [0.25, 0.3) is 0 Å². The third kappa shape index (κ3) is 20.0. The van der Waals surface area contributed by atoms with Crippen LogP contribution in [0.5, 0.6) is 17.6 Å². The van der Waals surface area contributed by atoms with Crippen LogP contribution < -0.4 is 59.7 Å². The van der Waals surface area contributed by atoms with E-state index in [1.54, 1.807) is 159 Å². The molecule has 12 aromatic heterocycles. The average Bonchev–Trinajstić information content (AvgIpc) is 1.69. The molecule has 12 heterocycles. The first-order valence-corrected chi connectivity index (χ1v) is 39.4. The van der Waals surface area contributed by atoms with E-state index in [2.05, 4.69) is 98.7 Å². The van der Waals surface area contributed by atoms with Crippen molar-refractivity contribution in [2.75, 3.05) is 68.0 Å². The summed E-state index contributed by atoms with van der Waals surface area (Å²) in [6, 6.07) is 51.4. The van der Waals surface area contributed by atoms with Crippen LogP contribution in [-0.2, 0) is 39.0 Å². The van der Waals surface area contributed by atoms with Gasteiger partial charge >= 0.3 is 23.5 Å². The monoisotopic (exact) mass is 1740 g/mol. The zero-order valence-electron chi connectivity index (χ0n) is 66.1. The summed E-state index contributed by atoms with van der Waals surface area (Å²) < 4.78 is 70.9. The summed E-state index contributed by atoms with van der Waals surface area (Å²) in [6.07, 6.45) is 14.8. The van der Waals surface area contributed by atoms with Crippen molar-refractivity contribution in [3.05, 3.63) is 285 Å². The number of benzene rings is 4. The van der Waals surface area contributed by atoms with Gasteiger partial charge in [-0.25, -0.2) is 33.1 Å². The van der Waals surface area contributed by atoms with Gasteiger partial charge in [0.1, 0.15) is 46.9 Å². The summed E-state index contributed by atoms with van der Waals surface area (Å²) >= 11 is 6.96. The highest BCUT2D eigenvalue weighted by Crippen LogP contribution is 2.32. The van der Waals surface area contributed by atoms with Crippen molar-refractivity contribution in [2.45, 2.75) is 72.8 Å². The molecule has 0 unspecified atom stereocenters. The molecule has 16 aromatic rings. The highest BCUT2D eigenvalue weighted by atomic mass is 79.9. The quantitative estimate of drug-likeness (QED) is 0.0180. The lowest BCUT2D eigenvalue weighted by Crippen LogP contribution is -2.36. The second-order valence-electron chi connectivity index (χ2n) is 27.5. The normalized spacial score (nSPS) is 11.1. The fourth-order valence-electron chi connectivity index (χ4n) is 12.6. The number of anilines is 5. The third-order valence-electron chi connectivity index (χ3n) is 18.6. The predicted octanol–water partition coefficient (Wildman–Crippen LogP) is 14.0. The minimum Gasteiger partial charge on any atom is -0.445 e. The van der Waals surface area contributed by atoms with E-state index in [9.17, 15) is 34.0 Å². The molecule has 0 amide bonds. The molecule has 34 heteroatoms.